The molecule has 5 heteroatoms. The highest BCUT2D eigenvalue weighted by atomic mass is 32.1. The van der Waals surface area contributed by atoms with Crippen LogP contribution in [-0.4, -0.2) is 19.3 Å². The number of nitrogens with one attached hydrogen (secondary N) is 1. The van der Waals surface area contributed by atoms with Crippen molar-refractivity contribution in [3.8, 4) is 0 Å². The molecule has 0 unspecified atom stereocenters. The fourth-order valence-electron chi connectivity index (χ4n) is 2.40. The number of unbranched alkanes of at least 4 members (excludes halogenated alkanes) is 1. The zero-order valence-electron chi connectivity index (χ0n) is 11.7. The molecular formula is C13H22N4S. The molecule has 0 atom stereocenters. The molecule has 2 aromatic heterocycles. The van der Waals surface area contributed by atoms with E-state index in [0.717, 1.165) is 34.1 Å². The number of hydrogen-bond donors (Lipinski definition) is 1. The molecule has 0 aliphatic carbocycles. The largest absolute Gasteiger partial charge is 0.328 e. The highest BCUT2D eigenvalue weighted by Gasteiger charge is 2.12. The number of aromatic nitrogens is 4. The van der Waals surface area contributed by atoms with Crippen LogP contribution >= 0.6 is 12.2 Å². The monoisotopic (exact) mass is 266 g/mol. The van der Waals surface area contributed by atoms with Crippen LogP contribution in [0.5, 0.6) is 0 Å². The van der Waals surface area contributed by atoms with Crippen LogP contribution in [0.25, 0.3) is 11.2 Å². The molecule has 2 heterocycles. The predicted molar refractivity (Wildman–Crippen MR) is 77.3 cm³/mol. The summed E-state index contributed by atoms with van der Waals surface area (Å²) in [6.45, 7) is 7.52. The first-order valence-electron chi connectivity index (χ1n) is 6.62. The van der Waals surface area contributed by atoms with Crippen LogP contribution in [0.2, 0.25) is 0 Å². The molecule has 18 heavy (non-hydrogen) atoms. The third-order valence-electron chi connectivity index (χ3n) is 3.34. The Morgan fingerprint density at radius 1 is 1.33 bits per heavy atom. The minimum Gasteiger partial charge on any atom is -0.328 e. The zero-order valence-corrected chi connectivity index (χ0v) is 12.5. The van der Waals surface area contributed by atoms with Crippen LogP contribution in [0, 0.1) is 17.6 Å². The first kappa shape index (κ1) is 13.3. The molecule has 0 fully saturated rings. The summed E-state index contributed by atoms with van der Waals surface area (Å²) >= 11 is 5.39. The third-order valence-corrected chi connectivity index (χ3v) is 3.66. The van der Waals surface area contributed by atoms with Gasteiger partial charge in [0.1, 0.15) is 5.52 Å². The second-order valence-electron chi connectivity index (χ2n) is 5.38. The maximum Gasteiger partial charge on any atom is 0.179 e. The Kier molecular flexibility index (Phi) is 3.90. The van der Waals surface area contributed by atoms with Crippen LogP contribution in [0.15, 0.2) is 0 Å². The van der Waals surface area contributed by atoms with Crippen molar-refractivity contribution < 1.29 is 0 Å². The number of fused-ring (bicyclic) bond motifs is 1. The number of aromatic amines is 1. The molecular weight excluding hydrogens is 244 g/mol. The van der Waals surface area contributed by atoms with Gasteiger partial charge in [-0.1, -0.05) is 26.7 Å². The fourth-order valence-corrected chi connectivity index (χ4v) is 2.68. The number of aryl methyl sites for hydroxylation is 3. The molecule has 2 rings (SSSR count). The molecule has 2 aromatic rings. The van der Waals surface area contributed by atoms with Gasteiger partial charge in [-0.3, -0.25) is 4.68 Å². The van der Waals surface area contributed by atoms with E-state index < -0.39 is 0 Å². The molecule has 0 aliphatic heterocycles. The molecule has 100 valence electrons. The molecule has 0 saturated heterocycles. The number of nitrogens with zero attached hydrogens (tertiary/aromatic N) is 3. The molecule has 0 amide bonds. The Bertz CT molecular complexity index is 588. The highest BCUT2D eigenvalue weighted by Crippen LogP contribution is 2.18. The fraction of sp³-hybridized carbons (Fsp3) is 0.692. The van der Waals surface area contributed by atoms with Gasteiger partial charge in [-0.15, -0.1) is 0 Å². The van der Waals surface area contributed by atoms with Crippen molar-refractivity contribution in [2.75, 3.05) is 0 Å². The number of imidazole rings is 1. The average Bonchev–Trinajstić information content (AvgIpc) is 2.74. The van der Waals surface area contributed by atoms with E-state index in [-0.39, 0.29) is 0 Å². The molecule has 1 N–H and O–H groups in total. The minimum absolute atomic E-state index is 0.781. The van der Waals surface area contributed by atoms with E-state index in [1.807, 2.05) is 18.7 Å². The highest BCUT2D eigenvalue weighted by molar-refractivity contribution is 7.71. The van der Waals surface area contributed by atoms with Crippen molar-refractivity contribution >= 4 is 23.4 Å². The van der Waals surface area contributed by atoms with Gasteiger partial charge in [0.15, 0.2) is 10.4 Å². The van der Waals surface area contributed by atoms with Gasteiger partial charge in [-0.25, -0.2) is 0 Å². The molecule has 0 aliphatic rings. The lowest BCUT2D eigenvalue weighted by atomic mass is 10.1. The summed E-state index contributed by atoms with van der Waals surface area (Å²) in [7, 11) is 1.97. The van der Waals surface area contributed by atoms with Crippen LogP contribution in [-0.2, 0) is 13.6 Å². The van der Waals surface area contributed by atoms with Crippen LogP contribution in [0.3, 0.4) is 0 Å². The van der Waals surface area contributed by atoms with Gasteiger partial charge in [0.25, 0.3) is 0 Å². The van der Waals surface area contributed by atoms with Gasteiger partial charge in [-0.2, -0.15) is 5.10 Å². The Hall–Kier alpha value is -1.10. The molecule has 0 aromatic carbocycles. The molecule has 0 radical (unpaired) electrons. The number of hydrogen-bond acceptors (Lipinski definition) is 2. The van der Waals surface area contributed by atoms with Gasteiger partial charge in [0, 0.05) is 13.6 Å². The normalized spacial score (nSPS) is 11.8. The van der Waals surface area contributed by atoms with Gasteiger partial charge in [0.2, 0.25) is 0 Å². The summed E-state index contributed by atoms with van der Waals surface area (Å²) in [6.07, 6.45) is 3.71. The van der Waals surface area contributed by atoms with Gasteiger partial charge in [-0.05, 0) is 31.5 Å². The van der Waals surface area contributed by atoms with E-state index in [4.69, 9.17) is 12.2 Å². The minimum atomic E-state index is 0.781. The van der Waals surface area contributed by atoms with E-state index in [0.29, 0.717) is 0 Å². The topological polar surface area (TPSA) is 38.5 Å². The van der Waals surface area contributed by atoms with Crippen molar-refractivity contribution in [2.45, 2.75) is 46.6 Å². The van der Waals surface area contributed by atoms with Crippen molar-refractivity contribution in [3.63, 3.8) is 0 Å². The Balaban J connectivity index is 2.17. The standard InChI is InChI=1S/C13H22N4S/c1-9(2)7-5-6-8-17-12-11(14-13(17)18)10(3)15-16(12)4/h9H,5-8H2,1-4H3,(H,14,18). The molecule has 0 bridgehead atoms. The lowest BCUT2D eigenvalue weighted by molar-refractivity contribution is 0.508. The summed E-state index contributed by atoms with van der Waals surface area (Å²) in [5.41, 5.74) is 3.20. The van der Waals surface area contributed by atoms with Crippen molar-refractivity contribution in [1.29, 1.82) is 0 Å². The summed E-state index contributed by atoms with van der Waals surface area (Å²) < 4.78 is 4.90. The summed E-state index contributed by atoms with van der Waals surface area (Å²) in [6, 6.07) is 0. The van der Waals surface area contributed by atoms with Gasteiger partial charge < -0.3 is 9.55 Å². The van der Waals surface area contributed by atoms with Crippen molar-refractivity contribution in [3.05, 3.63) is 10.5 Å². The first-order valence-corrected chi connectivity index (χ1v) is 7.03. The first-order chi connectivity index (χ1) is 8.50. The number of H-pyrrole nitrogens is 1. The van der Waals surface area contributed by atoms with E-state index in [1.54, 1.807) is 0 Å². The zero-order chi connectivity index (χ0) is 13.3. The molecule has 0 saturated carbocycles. The van der Waals surface area contributed by atoms with E-state index in [9.17, 15) is 0 Å². The Morgan fingerprint density at radius 2 is 2.06 bits per heavy atom. The second-order valence-corrected chi connectivity index (χ2v) is 5.77. The average molecular weight is 266 g/mol. The third kappa shape index (κ3) is 2.51. The van der Waals surface area contributed by atoms with Crippen LogP contribution in [0.1, 0.15) is 38.8 Å². The van der Waals surface area contributed by atoms with E-state index in [2.05, 4.69) is 28.5 Å². The van der Waals surface area contributed by atoms with Crippen molar-refractivity contribution in [2.24, 2.45) is 13.0 Å². The molecule has 4 nitrogen and oxygen atoms in total. The second kappa shape index (κ2) is 5.26. The Morgan fingerprint density at radius 3 is 2.72 bits per heavy atom. The lowest BCUT2D eigenvalue weighted by Gasteiger charge is -2.06. The lowest BCUT2D eigenvalue weighted by Crippen LogP contribution is -2.03. The van der Waals surface area contributed by atoms with Crippen molar-refractivity contribution in [1.82, 2.24) is 19.3 Å². The number of rotatable bonds is 5. The van der Waals surface area contributed by atoms with Crippen LogP contribution in [0.4, 0.5) is 0 Å². The van der Waals surface area contributed by atoms with E-state index >= 15 is 0 Å². The predicted octanol–water partition coefficient (Wildman–Crippen LogP) is 3.57. The maximum absolute atomic E-state index is 5.39. The van der Waals surface area contributed by atoms with E-state index in [1.165, 1.54) is 19.3 Å². The maximum atomic E-state index is 5.39. The van der Waals surface area contributed by atoms with Gasteiger partial charge >= 0.3 is 0 Å². The summed E-state index contributed by atoms with van der Waals surface area (Å²) in [4.78, 5) is 3.26. The van der Waals surface area contributed by atoms with Gasteiger partial charge in [0.05, 0.1) is 5.69 Å². The smallest absolute Gasteiger partial charge is 0.179 e. The van der Waals surface area contributed by atoms with Crippen LogP contribution < -0.4 is 0 Å². The summed E-state index contributed by atoms with van der Waals surface area (Å²) in [5, 5.41) is 4.43. The Labute approximate surface area is 113 Å². The SMILES string of the molecule is Cc1nn(C)c2c1[nH]c(=S)n2CCCCC(C)C. The molecule has 0 spiro atoms. The quantitative estimate of drug-likeness (QED) is 0.663. The summed E-state index contributed by atoms with van der Waals surface area (Å²) in [5.74, 6) is 0.781.